The minimum atomic E-state index is -1.29. The normalized spacial score (nSPS) is 11.8. The number of aromatic nitrogens is 4. The third-order valence-electron chi connectivity index (χ3n) is 15.0. The number of hydrogen-bond donors (Lipinski definition) is 0. The summed E-state index contributed by atoms with van der Waals surface area (Å²) in [5.41, 5.74) is 24.5. The second kappa shape index (κ2) is 29.1. The molecule has 6 aromatic carbocycles. The zero-order valence-corrected chi connectivity index (χ0v) is 52.0. The number of pyridine rings is 4. The van der Waals surface area contributed by atoms with Gasteiger partial charge in [-0.2, -0.15) is 0 Å². The zero-order chi connectivity index (χ0) is 61.8. The van der Waals surface area contributed by atoms with Crippen LogP contribution in [0.15, 0.2) is 219 Å². The maximum atomic E-state index is 8.20. The molecule has 0 amide bonds. The molecule has 82 heavy (non-hydrogen) atoms. The standard InChI is InChI=1S/C23H26N.C22H24N.C17H22N.C16H20N/c1-17(2)14-19-10-12-22(18(3)15-19)23-13-11-21(16-24(23)4)20-8-6-5-7-9-20;1-16(2)19-10-12-21(17(3)14-19)22-13-11-20(15-23(22)4)18-8-6-5-7-9-18;1-13(2)11-15-8-9-16(14(3)12-15)17-7-5-6-10-18(17)4;1-12(2)14-8-9-15(13(3)11-14)16-7-5-6-10-17(16)4/h5-13,15-17H,14H2,1-4H3;5-16H,1-4H3;5-10,12-13H,11H2,1-4H3;5-12H,1-4H3/q4*+1/i;;11D2;12D. The number of hydrogen-bond acceptors (Lipinski definition) is 0. The molecule has 0 fully saturated rings. The minimum absolute atomic E-state index is 0.0411. The van der Waals surface area contributed by atoms with Crippen molar-refractivity contribution in [2.75, 3.05) is 0 Å². The van der Waals surface area contributed by atoms with E-state index in [1.165, 1.54) is 83.8 Å². The Morgan fingerprint density at radius 2 is 0.732 bits per heavy atom. The van der Waals surface area contributed by atoms with Crippen molar-refractivity contribution in [3.63, 3.8) is 0 Å². The monoisotopic (exact) mass is 1090 g/mol. The Balaban J connectivity index is 0.000000163. The highest BCUT2D eigenvalue weighted by atomic mass is 14.9. The molecule has 0 saturated carbocycles. The van der Waals surface area contributed by atoms with Crippen LogP contribution in [0.25, 0.3) is 67.3 Å². The second-order valence-electron chi connectivity index (χ2n) is 23.3. The first-order chi connectivity index (χ1) is 40.3. The highest BCUT2D eigenvalue weighted by molar-refractivity contribution is 5.68. The van der Waals surface area contributed by atoms with Crippen LogP contribution < -0.4 is 18.3 Å². The molecule has 0 atom stereocenters. The van der Waals surface area contributed by atoms with Crippen LogP contribution in [0.5, 0.6) is 0 Å². The molecule has 0 saturated heterocycles. The van der Waals surface area contributed by atoms with Crippen molar-refractivity contribution in [2.45, 2.75) is 108 Å². The predicted molar refractivity (Wildman–Crippen MR) is 347 cm³/mol. The van der Waals surface area contributed by atoms with Crippen molar-refractivity contribution in [1.82, 2.24) is 0 Å². The lowest BCUT2D eigenvalue weighted by atomic mass is 9.96. The molecule has 10 aromatic rings. The fraction of sp³-hybridized carbons (Fsp3) is 0.282. The summed E-state index contributed by atoms with van der Waals surface area (Å²) in [6.45, 7) is 25.3. The van der Waals surface area contributed by atoms with Gasteiger partial charge in [0.1, 0.15) is 28.2 Å². The van der Waals surface area contributed by atoms with E-state index in [-0.39, 0.29) is 5.92 Å². The number of rotatable bonds is 12. The van der Waals surface area contributed by atoms with Crippen LogP contribution in [0.1, 0.15) is 116 Å². The van der Waals surface area contributed by atoms with Crippen LogP contribution in [0.2, 0.25) is 0 Å². The quantitative estimate of drug-likeness (QED) is 0.108. The third-order valence-corrected chi connectivity index (χ3v) is 15.0. The highest BCUT2D eigenvalue weighted by Gasteiger charge is 2.18. The molecule has 4 heterocycles. The van der Waals surface area contributed by atoms with E-state index < -0.39 is 12.3 Å². The van der Waals surface area contributed by atoms with E-state index >= 15 is 0 Å². The molecule has 0 N–H and O–H groups in total. The van der Waals surface area contributed by atoms with Crippen molar-refractivity contribution >= 4 is 0 Å². The first-order valence-electron chi connectivity index (χ1n) is 30.8. The molecule has 0 spiro atoms. The maximum absolute atomic E-state index is 8.20. The van der Waals surface area contributed by atoms with E-state index in [4.69, 9.17) is 4.11 Å². The predicted octanol–water partition coefficient (Wildman–Crippen LogP) is 17.9. The molecule has 0 aliphatic rings. The summed E-state index contributed by atoms with van der Waals surface area (Å²) in [5.74, 6) is 0.677. The summed E-state index contributed by atoms with van der Waals surface area (Å²) in [6.07, 6.45) is 8.35. The molecule has 0 radical (unpaired) electrons. The second-order valence-corrected chi connectivity index (χ2v) is 23.3. The first-order valence-corrected chi connectivity index (χ1v) is 29.3. The fourth-order valence-electron chi connectivity index (χ4n) is 10.6. The third kappa shape index (κ3) is 16.5. The Labute approximate surface area is 498 Å². The smallest absolute Gasteiger partial charge is 0.201 e. The van der Waals surface area contributed by atoms with Crippen LogP contribution in [-0.4, -0.2) is 0 Å². The van der Waals surface area contributed by atoms with E-state index in [1.807, 2.05) is 84.3 Å². The summed E-state index contributed by atoms with van der Waals surface area (Å²) in [6, 6.07) is 68.1. The number of aryl methyl sites for hydroxylation is 8. The highest BCUT2D eigenvalue weighted by Crippen LogP contribution is 2.29. The fourth-order valence-corrected chi connectivity index (χ4v) is 10.6. The van der Waals surface area contributed by atoms with Gasteiger partial charge >= 0.3 is 0 Å². The van der Waals surface area contributed by atoms with E-state index in [1.54, 1.807) is 0 Å². The summed E-state index contributed by atoms with van der Waals surface area (Å²) in [5, 5.41) is 0. The van der Waals surface area contributed by atoms with Gasteiger partial charge in [-0.1, -0.05) is 165 Å². The van der Waals surface area contributed by atoms with Gasteiger partial charge in [-0.05, 0) is 168 Å². The molecule has 0 bridgehead atoms. The molecule has 420 valence electrons. The SMILES string of the molecule is Cc1cc(C(C)C)ccc1-c1ccc(-c2ccccc2)c[n+]1C.Cc1cc(CC(C)C)ccc1-c1ccc(-c2ccccc2)c[n+]1C.[2H]C(C)(C)c1ccc(-c2cccc[n+]2C)c(C)c1.[2H]C([2H])(c1ccc(-c2cccc[n+]2C)c(C)c1)C(C)C. The van der Waals surface area contributed by atoms with Gasteiger partial charge in [-0.15, -0.1) is 0 Å². The number of benzene rings is 6. The van der Waals surface area contributed by atoms with Crippen LogP contribution in [0, 0.1) is 39.5 Å². The molecular formula is C78H92N4+4. The zero-order valence-electron chi connectivity index (χ0n) is 55.0. The molecule has 0 aliphatic carbocycles. The first kappa shape index (κ1) is 57.2. The molecule has 4 heteroatoms. The van der Waals surface area contributed by atoms with Crippen LogP contribution in [0.4, 0.5) is 0 Å². The molecular weight excluding hydrogens is 993 g/mol. The van der Waals surface area contributed by atoms with Gasteiger partial charge in [0.2, 0.25) is 22.8 Å². The van der Waals surface area contributed by atoms with E-state index in [2.05, 4.69) is 264 Å². The summed E-state index contributed by atoms with van der Waals surface area (Å²) >= 11 is 0. The maximum Gasteiger partial charge on any atom is 0.212 e. The minimum Gasteiger partial charge on any atom is -0.201 e. The Kier molecular flexibility index (Phi) is 20.3. The van der Waals surface area contributed by atoms with E-state index in [0.29, 0.717) is 11.8 Å². The van der Waals surface area contributed by atoms with Crippen molar-refractivity contribution in [3.05, 3.63) is 263 Å². The van der Waals surface area contributed by atoms with Gasteiger partial charge in [0.15, 0.2) is 24.8 Å². The summed E-state index contributed by atoms with van der Waals surface area (Å²) < 4.78 is 33.1. The van der Waals surface area contributed by atoms with Crippen LogP contribution in [0.3, 0.4) is 0 Å². The molecule has 0 unspecified atom stereocenters. The van der Waals surface area contributed by atoms with Crippen LogP contribution in [-0.2, 0) is 41.0 Å². The summed E-state index contributed by atoms with van der Waals surface area (Å²) in [4.78, 5) is 0. The van der Waals surface area contributed by atoms with Gasteiger partial charge in [-0.25, -0.2) is 18.3 Å². The lowest BCUT2D eigenvalue weighted by molar-refractivity contribution is -0.660. The topological polar surface area (TPSA) is 15.5 Å². The Bertz CT molecular complexity index is 3840. The van der Waals surface area contributed by atoms with Crippen LogP contribution >= 0.6 is 0 Å². The van der Waals surface area contributed by atoms with Crippen molar-refractivity contribution < 1.29 is 22.4 Å². The Morgan fingerprint density at radius 3 is 1.11 bits per heavy atom. The van der Waals surface area contributed by atoms with Gasteiger partial charge in [-0.3, -0.25) is 0 Å². The lowest BCUT2D eigenvalue weighted by Gasteiger charge is -2.10. The van der Waals surface area contributed by atoms with Crippen molar-refractivity contribution in [2.24, 2.45) is 40.0 Å². The van der Waals surface area contributed by atoms with Crippen molar-refractivity contribution in [3.8, 4) is 67.3 Å². The summed E-state index contributed by atoms with van der Waals surface area (Å²) in [7, 11) is 8.33. The average molecular weight is 1090 g/mol. The largest absolute Gasteiger partial charge is 0.212 e. The average Bonchev–Trinajstić information content (AvgIpc) is 3.58. The molecule has 10 rings (SSSR count). The van der Waals surface area contributed by atoms with Gasteiger partial charge in [0.25, 0.3) is 0 Å². The Morgan fingerprint density at radius 1 is 0.354 bits per heavy atom. The van der Waals surface area contributed by atoms with Gasteiger partial charge in [0.05, 0.1) is 0 Å². The van der Waals surface area contributed by atoms with E-state index in [9.17, 15) is 0 Å². The molecule has 4 nitrogen and oxygen atoms in total. The van der Waals surface area contributed by atoms with E-state index in [0.717, 1.165) is 34.4 Å². The number of nitrogens with zero attached hydrogens (tertiary/aromatic N) is 4. The van der Waals surface area contributed by atoms with Gasteiger partial charge < -0.3 is 0 Å². The lowest BCUT2D eigenvalue weighted by Crippen LogP contribution is -2.30. The van der Waals surface area contributed by atoms with Crippen molar-refractivity contribution in [1.29, 1.82) is 0 Å². The molecule has 4 aromatic heterocycles. The Hall–Kier alpha value is -8.08. The van der Waals surface area contributed by atoms with Gasteiger partial charge in [0, 0.05) is 73.9 Å². The molecule has 0 aliphatic heterocycles.